The molecule has 29 heavy (non-hydrogen) atoms. The quantitative estimate of drug-likeness (QED) is 0.653. The summed E-state index contributed by atoms with van der Waals surface area (Å²) < 4.78 is 40.9. The number of ether oxygens (including phenoxy) is 1. The third-order valence-corrected chi connectivity index (χ3v) is 4.54. The summed E-state index contributed by atoms with van der Waals surface area (Å²) in [5.41, 5.74) is 0.861. The van der Waals surface area contributed by atoms with Crippen molar-refractivity contribution in [1.29, 1.82) is 5.26 Å². The molecule has 1 aromatic heterocycles. The van der Waals surface area contributed by atoms with Gasteiger partial charge in [-0.25, -0.2) is 4.79 Å². The van der Waals surface area contributed by atoms with E-state index in [2.05, 4.69) is 15.8 Å². The summed E-state index contributed by atoms with van der Waals surface area (Å²) >= 11 is 0. The molecule has 1 aliphatic rings. The van der Waals surface area contributed by atoms with Gasteiger partial charge in [-0.3, -0.25) is 14.8 Å². The van der Waals surface area contributed by atoms with E-state index in [0.717, 1.165) is 22.9 Å². The van der Waals surface area contributed by atoms with Gasteiger partial charge in [-0.05, 0) is 24.3 Å². The van der Waals surface area contributed by atoms with Crippen molar-refractivity contribution in [2.75, 3.05) is 16.3 Å². The monoisotopic (exact) mass is 398 g/mol. The molecule has 0 aliphatic carbocycles. The number of carbonyl (C=O) groups is 1. The Balaban J connectivity index is 1.67. The largest absolute Gasteiger partial charge is 0.573 e. The van der Waals surface area contributed by atoms with E-state index in [-0.39, 0.29) is 12.3 Å². The Hall–Kier alpha value is -3.80. The van der Waals surface area contributed by atoms with Gasteiger partial charge in [0.1, 0.15) is 11.8 Å². The van der Waals surface area contributed by atoms with Gasteiger partial charge in [-0.1, -0.05) is 24.3 Å². The van der Waals surface area contributed by atoms with Crippen LogP contribution in [0.1, 0.15) is 0 Å². The highest BCUT2D eigenvalue weighted by molar-refractivity contribution is 6.11. The van der Waals surface area contributed by atoms with Crippen LogP contribution in [-0.2, 0) is 0 Å². The Bertz CT molecular complexity index is 1100. The van der Waals surface area contributed by atoms with Crippen LogP contribution in [0.3, 0.4) is 0 Å². The lowest BCUT2D eigenvalue weighted by Gasteiger charge is -2.21. The number of benzene rings is 2. The Morgan fingerprint density at radius 1 is 1.10 bits per heavy atom. The fraction of sp³-hybridized carbons (Fsp3) is 0.150. The van der Waals surface area contributed by atoms with Gasteiger partial charge in [0.25, 0.3) is 0 Å². The SMILES string of the molecule is N#CC1CN(c2ccc(OC(F)(F)F)cc2)C(=O)N1c1cncc2ccccc12. The predicted octanol–water partition coefficient (Wildman–Crippen LogP) is 4.47. The number of halogens is 3. The molecule has 0 saturated carbocycles. The number of anilines is 2. The van der Waals surface area contributed by atoms with E-state index in [1.165, 1.54) is 28.1 Å². The number of alkyl halides is 3. The van der Waals surface area contributed by atoms with Crippen LogP contribution in [0.4, 0.5) is 29.3 Å². The molecule has 1 saturated heterocycles. The lowest BCUT2D eigenvalue weighted by atomic mass is 10.1. The summed E-state index contributed by atoms with van der Waals surface area (Å²) in [5, 5.41) is 11.2. The molecule has 9 heteroatoms. The number of pyridine rings is 1. The minimum absolute atomic E-state index is 0.0675. The molecule has 1 unspecified atom stereocenters. The summed E-state index contributed by atoms with van der Waals surface area (Å²) in [6.07, 6.45) is -1.61. The fourth-order valence-electron chi connectivity index (χ4n) is 3.30. The van der Waals surface area contributed by atoms with E-state index in [1.807, 2.05) is 24.3 Å². The number of hydrogen-bond donors (Lipinski definition) is 0. The third-order valence-electron chi connectivity index (χ3n) is 4.54. The minimum atomic E-state index is -4.80. The van der Waals surface area contributed by atoms with E-state index < -0.39 is 18.4 Å². The van der Waals surface area contributed by atoms with Gasteiger partial charge in [0.2, 0.25) is 0 Å². The fourth-order valence-corrected chi connectivity index (χ4v) is 3.30. The molecular weight excluding hydrogens is 385 g/mol. The first kappa shape index (κ1) is 18.6. The van der Waals surface area contributed by atoms with Crippen molar-refractivity contribution >= 4 is 28.2 Å². The van der Waals surface area contributed by atoms with Gasteiger partial charge < -0.3 is 4.74 Å². The number of hydrogen-bond acceptors (Lipinski definition) is 4. The maximum absolute atomic E-state index is 13.1. The number of amides is 2. The summed E-state index contributed by atoms with van der Waals surface area (Å²) in [6, 6.07) is 13.2. The lowest BCUT2D eigenvalue weighted by molar-refractivity contribution is -0.274. The van der Waals surface area contributed by atoms with E-state index in [4.69, 9.17) is 0 Å². The summed E-state index contributed by atoms with van der Waals surface area (Å²) in [7, 11) is 0. The number of nitrogens with zero attached hydrogens (tertiary/aromatic N) is 4. The molecule has 1 fully saturated rings. The molecule has 146 valence electrons. The van der Waals surface area contributed by atoms with Gasteiger partial charge in [-0.2, -0.15) is 5.26 Å². The first-order valence-corrected chi connectivity index (χ1v) is 8.56. The second-order valence-electron chi connectivity index (χ2n) is 6.33. The first-order valence-electron chi connectivity index (χ1n) is 8.56. The van der Waals surface area contributed by atoms with Crippen molar-refractivity contribution in [3.63, 3.8) is 0 Å². The predicted molar refractivity (Wildman–Crippen MR) is 99.5 cm³/mol. The van der Waals surface area contributed by atoms with Crippen molar-refractivity contribution in [2.45, 2.75) is 12.4 Å². The van der Waals surface area contributed by atoms with Crippen LogP contribution in [0.2, 0.25) is 0 Å². The summed E-state index contributed by atoms with van der Waals surface area (Å²) in [6.45, 7) is 0.0675. The van der Waals surface area contributed by atoms with E-state index in [1.54, 1.807) is 6.20 Å². The molecule has 0 spiro atoms. The second kappa shape index (κ2) is 6.98. The molecule has 2 amide bonds. The van der Waals surface area contributed by atoms with Crippen molar-refractivity contribution in [1.82, 2.24) is 4.98 Å². The summed E-state index contributed by atoms with van der Waals surface area (Å²) in [4.78, 5) is 20.0. The Kier molecular flexibility index (Phi) is 4.47. The molecule has 4 rings (SSSR count). The maximum Gasteiger partial charge on any atom is 0.573 e. The van der Waals surface area contributed by atoms with E-state index in [9.17, 15) is 23.2 Å². The van der Waals surface area contributed by atoms with Crippen molar-refractivity contribution in [3.05, 3.63) is 60.9 Å². The Morgan fingerprint density at radius 3 is 2.52 bits per heavy atom. The minimum Gasteiger partial charge on any atom is -0.406 e. The summed E-state index contributed by atoms with van der Waals surface area (Å²) in [5.74, 6) is -0.389. The number of urea groups is 1. The number of carbonyl (C=O) groups excluding carboxylic acids is 1. The van der Waals surface area contributed by atoms with Gasteiger partial charge >= 0.3 is 12.4 Å². The van der Waals surface area contributed by atoms with Crippen molar-refractivity contribution in [3.8, 4) is 11.8 Å². The van der Waals surface area contributed by atoms with E-state index >= 15 is 0 Å². The van der Waals surface area contributed by atoms with Crippen LogP contribution in [0.5, 0.6) is 5.75 Å². The zero-order valence-corrected chi connectivity index (χ0v) is 14.8. The van der Waals surface area contributed by atoms with Gasteiger partial charge in [0.05, 0.1) is 24.5 Å². The lowest BCUT2D eigenvalue weighted by Crippen LogP contribution is -2.34. The third kappa shape index (κ3) is 3.52. The molecule has 2 heterocycles. The van der Waals surface area contributed by atoms with Crippen molar-refractivity contribution < 1.29 is 22.7 Å². The Morgan fingerprint density at radius 2 is 1.83 bits per heavy atom. The molecule has 2 aromatic carbocycles. The molecule has 1 aliphatic heterocycles. The van der Waals surface area contributed by atoms with Crippen LogP contribution in [0.15, 0.2) is 60.9 Å². The zero-order chi connectivity index (χ0) is 20.6. The number of aromatic nitrogens is 1. The number of fused-ring (bicyclic) bond motifs is 1. The number of nitriles is 1. The van der Waals surface area contributed by atoms with Crippen molar-refractivity contribution in [2.24, 2.45) is 0 Å². The van der Waals surface area contributed by atoms with Gasteiger partial charge in [-0.15, -0.1) is 13.2 Å². The van der Waals surface area contributed by atoms with Crippen LogP contribution < -0.4 is 14.5 Å². The van der Waals surface area contributed by atoms with Crippen LogP contribution in [-0.4, -0.2) is 30.0 Å². The molecular formula is C20H13F3N4O2. The molecule has 0 radical (unpaired) electrons. The highest BCUT2D eigenvalue weighted by atomic mass is 19.4. The van der Waals surface area contributed by atoms with Crippen LogP contribution in [0, 0.1) is 11.3 Å². The van der Waals surface area contributed by atoms with E-state index in [0.29, 0.717) is 11.4 Å². The van der Waals surface area contributed by atoms with Crippen LogP contribution >= 0.6 is 0 Å². The molecule has 3 aromatic rings. The average Bonchev–Trinajstić information content (AvgIpc) is 3.03. The standard InChI is InChI=1S/C20H13F3N4O2/c21-20(22,23)29-16-7-5-14(6-8-16)26-12-15(9-24)27(19(26)28)18-11-25-10-13-3-1-2-4-17(13)18/h1-8,10-11,15H,12H2. The van der Waals surface area contributed by atoms with Gasteiger partial charge in [0, 0.05) is 22.7 Å². The highest BCUT2D eigenvalue weighted by Gasteiger charge is 2.40. The highest BCUT2D eigenvalue weighted by Crippen LogP contribution is 2.34. The first-order chi connectivity index (χ1) is 13.9. The molecule has 6 nitrogen and oxygen atoms in total. The number of rotatable bonds is 3. The maximum atomic E-state index is 13.1. The second-order valence-corrected chi connectivity index (χ2v) is 6.33. The smallest absolute Gasteiger partial charge is 0.406 e. The Labute approximate surface area is 163 Å². The topological polar surface area (TPSA) is 69.5 Å². The van der Waals surface area contributed by atoms with Crippen LogP contribution in [0.25, 0.3) is 10.8 Å². The van der Waals surface area contributed by atoms with Gasteiger partial charge in [0.15, 0.2) is 0 Å². The molecule has 1 atom stereocenters. The average molecular weight is 398 g/mol. The molecule has 0 N–H and O–H groups in total. The normalized spacial score (nSPS) is 16.9. The zero-order valence-electron chi connectivity index (χ0n) is 14.8. The molecule has 0 bridgehead atoms.